The molecular formula is C16H14F3N5O. The number of aryl methyl sites for hydroxylation is 2. The van der Waals surface area contributed by atoms with E-state index in [0.717, 1.165) is 12.1 Å². The van der Waals surface area contributed by atoms with Crippen molar-refractivity contribution in [2.75, 3.05) is 0 Å². The van der Waals surface area contributed by atoms with Crippen molar-refractivity contribution in [1.82, 2.24) is 24.8 Å². The standard InChI is InChI=1S/C16H14F3N5O/c1-9-6-21-12(7-20-9)15(25)22-8-14-23-11-5-10(16(17,18)19)3-4-13(11)24(14)2/h3-7H,8H2,1-2H3,(H,22,25). The molecule has 0 aliphatic carbocycles. The molecule has 0 aliphatic heterocycles. The van der Waals surface area contributed by atoms with Gasteiger partial charge in [0, 0.05) is 13.2 Å². The summed E-state index contributed by atoms with van der Waals surface area (Å²) in [7, 11) is 1.68. The Kier molecular flexibility index (Phi) is 4.15. The van der Waals surface area contributed by atoms with Crippen LogP contribution in [0.3, 0.4) is 0 Å². The molecule has 0 saturated heterocycles. The summed E-state index contributed by atoms with van der Waals surface area (Å²) >= 11 is 0. The fourth-order valence-electron chi connectivity index (χ4n) is 2.34. The molecule has 3 aromatic rings. The lowest BCUT2D eigenvalue weighted by atomic mass is 10.2. The predicted octanol–water partition coefficient (Wildman–Crippen LogP) is 2.62. The third kappa shape index (κ3) is 3.44. The largest absolute Gasteiger partial charge is 0.416 e. The molecule has 0 atom stereocenters. The lowest BCUT2D eigenvalue weighted by Crippen LogP contribution is -2.25. The van der Waals surface area contributed by atoms with E-state index in [-0.39, 0.29) is 17.8 Å². The van der Waals surface area contributed by atoms with E-state index in [1.54, 1.807) is 18.5 Å². The number of amides is 1. The van der Waals surface area contributed by atoms with Gasteiger partial charge in [0.05, 0.1) is 35.0 Å². The number of rotatable bonds is 3. The number of benzene rings is 1. The Bertz CT molecular complexity index is 931. The topological polar surface area (TPSA) is 72.7 Å². The van der Waals surface area contributed by atoms with E-state index < -0.39 is 17.6 Å². The Balaban J connectivity index is 1.80. The van der Waals surface area contributed by atoms with Crippen LogP contribution in [-0.4, -0.2) is 25.4 Å². The molecule has 2 aromatic heterocycles. The van der Waals surface area contributed by atoms with E-state index in [4.69, 9.17) is 0 Å². The van der Waals surface area contributed by atoms with Crippen molar-refractivity contribution in [3.8, 4) is 0 Å². The summed E-state index contributed by atoms with van der Waals surface area (Å²) in [5.41, 5.74) is 0.851. The quantitative estimate of drug-likeness (QED) is 0.789. The van der Waals surface area contributed by atoms with Crippen molar-refractivity contribution in [1.29, 1.82) is 0 Å². The monoisotopic (exact) mass is 349 g/mol. The van der Waals surface area contributed by atoms with Crippen LogP contribution in [0.1, 0.15) is 27.6 Å². The number of carbonyl (C=O) groups excluding carboxylic acids is 1. The van der Waals surface area contributed by atoms with Crippen molar-refractivity contribution >= 4 is 16.9 Å². The van der Waals surface area contributed by atoms with Gasteiger partial charge < -0.3 is 9.88 Å². The number of hydrogen-bond donors (Lipinski definition) is 1. The summed E-state index contributed by atoms with van der Waals surface area (Å²) in [5, 5.41) is 2.63. The maximum absolute atomic E-state index is 12.8. The first kappa shape index (κ1) is 16.9. The second-order valence-electron chi connectivity index (χ2n) is 5.51. The molecule has 0 aliphatic rings. The summed E-state index contributed by atoms with van der Waals surface area (Å²) in [6.45, 7) is 1.81. The number of nitrogens with one attached hydrogen (secondary N) is 1. The van der Waals surface area contributed by atoms with Gasteiger partial charge in [-0.2, -0.15) is 13.2 Å². The Hall–Kier alpha value is -2.97. The molecule has 0 bridgehead atoms. The van der Waals surface area contributed by atoms with Crippen LogP contribution in [0.15, 0.2) is 30.6 Å². The van der Waals surface area contributed by atoms with Crippen LogP contribution in [0, 0.1) is 6.92 Å². The minimum atomic E-state index is -4.43. The zero-order valence-corrected chi connectivity index (χ0v) is 13.4. The SMILES string of the molecule is Cc1cnc(C(=O)NCc2nc3cc(C(F)(F)F)ccc3n2C)cn1. The summed E-state index contributed by atoms with van der Waals surface area (Å²) < 4.78 is 40.0. The number of carbonyl (C=O) groups is 1. The van der Waals surface area contributed by atoms with E-state index in [1.165, 1.54) is 18.5 Å². The van der Waals surface area contributed by atoms with Crippen LogP contribution in [0.5, 0.6) is 0 Å². The van der Waals surface area contributed by atoms with E-state index in [2.05, 4.69) is 20.3 Å². The average molecular weight is 349 g/mol. The fraction of sp³-hybridized carbons (Fsp3) is 0.250. The van der Waals surface area contributed by atoms with Crippen molar-refractivity contribution in [2.45, 2.75) is 19.6 Å². The zero-order valence-electron chi connectivity index (χ0n) is 13.4. The molecule has 0 radical (unpaired) electrons. The molecule has 2 heterocycles. The highest BCUT2D eigenvalue weighted by atomic mass is 19.4. The number of imidazole rings is 1. The van der Waals surface area contributed by atoms with Gasteiger partial charge in [0.25, 0.3) is 5.91 Å². The van der Waals surface area contributed by atoms with E-state index in [9.17, 15) is 18.0 Å². The first-order valence-electron chi connectivity index (χ1n) is 7.35. The van der Waals surface area contributed by atoms with Gasteiger partial charge in [-0.05, 0) is 25.1 Å². The number of hydrogen-bond acceptors (Lipinski definition) is 4. The predicted molar refractivity (Wildman–Crippen MR) is 83.7 cm³/mol. The molecule has 3 rings (SSSR count). The maximum Gasteiger partial charge on any atom is 0.416 e. The molecule has 1 N–H and O–H groups in total. The van der Waals surface area contributed by atoms with Crippen LogP contribution in [0.25, 0.3) is 11.0 Å². The van der Waals surface area contributed by atoms with Gasteiger partial charge in [-0.25, -0.2) is 9.97 Å². The fourth-order valence-corrected chi connectivity index (χ4v) is 2.34. The summed E-state index contributed by atoms with van der Waals surface area (Å²) in [5.74, 6) is -0.00159. The third-order valence-electron chi connectivity index (χ3n) is 3.72. The third-order valence-corrected chi connectivity index (χ3v) is 3.72. The minimum Gasteiger partial charge on any atom is -0.343 e. The number of alkyl halides is 3. The van der Waals surface area contributed by atoms with Gasteiger partial charge in [0.15, 0.2) is 0 Å². The van der Waals surface area contributed by atoms with Crippen LogP contribution >= 0.6 is 0 Å². The highest BCUT2D eigenvalue weighted by molar-refractivity contribution is 5.91. The summed E-state index contributed by atoms with van der Waals surface area (Å²) in [6.07, 6.45) is -1.60. The summed E-state index contributed by atoms with van der Waals surface area (Å²) in [4.78, 5) is 24.2. The van der Waals surface area contributed by atoms with Crippen LogP contribution in [-0.2, 0) is 19.8 Å². The lowest BCUT2D eigenvalue weighted by molar-refractivity contribution is -0.137. The molecule has 1 aromatic carbocycles. The molecule has 0 unspecified atom stereocenters. The Morgan fingerprint density at radius 2 is 2.00 bits per heavy atom. The Labute approximate surface area is 140 Å². The zero-order chi connectivity index (χ0) is 18.2. The van der Waals surface area contributed by atoms with Gasteiger partial charge in [0.2, 0.25) is 0 Å². The van der Waals surface area contributed by atoms with E-state index >= 15 is 0 Å². The average Bonchev–Trinajstić information content (AvgIpc) is 2.88. The Morgan fingerprint density at radius 3 is 2.64 bits per heavy atom. The molecule has 0 spiro atoms. The van der Waals surface area contributed by atoms with Gasteiger partial charge in [-0.15, -0.1) is 0 Å². The minimum absolute atomic E-state index is 0.0565. The number of halogens is 3. The lowest BCUT2D eigenvalue weighted by Gasteiger charge is -2.06. The van der Waals surface area contributed by atoms with Crippen molar-refractivity contribution in [3.05, 3.63) is 53.4 Å². The molecule has 6 nitrogen and oxygen atoms in total. The van der Waals surface area contributed by atoms with Crippen LogP contribution in [0.4, 0.5) is 13.2 Å². The molecule has 1 amide bonds. The molecular weight excluding hydrogens is 335 g/mol. The highest BCUT2D eigenvalue weighted by Crippen LogP contribution is 2.31. The Morgan fingerprint density at radius 1 is 1.24 bits per heavy atom. The normalized spacial score (nSPS) is 11.7. The molecule has 0 fully saturated rings. The van der Waals surface area contributed by atoms with Crippen LogP contribution < -0.4 is 5.32 Å². The first-order chi connectivity index (χ1) is 11.8. The molecule has 25 heavy (non-hydrogen) atoms. The van der Waals surface area contributed by atoms with Crippen LogP contribution in [0.2, 0.25) is 0 Å². The van der Waals surface area contributed by atoms with Crippen molar-refractivity contribution in [2.24, 2.45) is 7.05 Å². The van der Waals surface area contributed by atoms with Gasteiger partial charge in [-0.3, -0.25) is 9.78 Å². The van der Waals surface area contributed by atoms with Gasteiger partial charge in [0.1, 0.15) is 11.5 Å². The summed E-state index contributed by atoms with van der Waals surface area (Å²) in [6, 6.07) is 3.36. The van der Waals surface area contributed by atoms with E-state index in [1.807, 2.05) is 0 Å². The molecule has 0 saturated carbocycles. The number of aromatic nitrogens is 4. The van der Waals surface area contributed by atoms with E-state index in [0.29, 0.717) is 17.0 Å². The molecule has 9 heteroatoms. The second-order valence-corrected chi connectivity index (χ2v) is 5.51. The van der Waals surface area contributed by atoms with Gasteiger partial charge in [-0.1, -0.05) is 0 Å². The molecule has 130 valence electrons. The van der Waals surface area contributed by atoms with Crippen molar-refractivity contribution < 1.29 is 18.0 Å². The first-order valence-corrected chi connectivity index (χ1v) is 7.35. The smallest absolute Gasteiger partial charge is 0.343 e. The number of fused-ring (bicyclic) bond motifs is 1. The van der Waals surface area contributed by atoms with Gasteiger partial charge >= 0.3 is 6.18 Å². The maximum atomic E-state index is 12.8. The number of nitrogens with zero attached hydrogens (tertiary/aromatic N) is 4. The van der Waals surface area contributed by atoms with Crippen molar-refractivity contribution in [3.63, 3.8) is 0 Å². The second kappa shape index (κ2) is 6.15. The highest BCUT2D eigenvalue weighted by Gasteiger charge is 2.31.